The number of carbonyl (C=O) groups is 2. The monoisotopic (exact) mass is 391 g/mol. The minimum atomic E-state index is -0.283. The van der Waals surface area contributed by atoms with Crippen molar-refractivity contribution in [2.24, 2.45) is 5.41 Å². The van der Waals surface area contributed by atoms with E-state index in [0.717, 1.165) is 27.8 Å². The molecular weight excluding hydrogens is 370 g/mol. The number of allylic oxidation sites excluding steroid dienone is 8. The summed E-state index contributed by atoms with van der Waals surface area (Å²) in [6.07, 6.45) is 7.47. The predicted molar refractivity (Wildman–Crippen MR) is 119 cm³/mol. The minimum Gasteiger partial charge on any atom is -0.289 e. The summed E-state index contributed by atoms with van der Waals surface area (Å²) in [5.74, 6) is -0.190. The molecule has 2 aromatic carbocycles. The van der Waals surface area contributed by atoms with Crippen LogP contribution in [-0.2, 0) is 0 Å². The number of ketones is 2. The molecule has 0 aromatic heterocycles. The van der Waals surface area contributed by atoms with E-state index in [1.165, 1.54) is 0 Å². The van der Waals surface area contributed by atoms with Crippen molar-refractivity contribution in [2.45, 2.75) is 20.8 Å². The second kappa shape index (κ2) is 7.24. The lowest BCUT2D eigenvalue weighted by atomic mass is 9.75. The van der Waals surface area contributed by atoms with Crippen molar-refractivity contribution in [1.29, 1.82) is 5.26 Å². The standard InChI is InChI=1S/C27H21NO2/c1-27(2,3)24-15-18(21-9-5-7-11-23(21)26(24)30)13-12-17-14-19(16-28)25(29)22-10-6-4-8-20(17)22/h4-15H,1-3H3/b17-12+,18-13-. The molecule has 0 radical (unpaired) electrons. The fourth-order valence-corrected chi connectivity index (χ4v) is 3.85. The average molecular weight is 391 g/mol. The Morgan fingerprint density at radius 1 is 0.733 bits per heavy atom. The Hall–Kier alpha value is -3.77. The Kier molecular flexibility index (Phi) is 4.72. The summed E-state index contributed by atoms with van der Waals surface area (Å²) in [4.78, 5) is 25.5. The number of carbonyl (C=O) groups excluding carboxylic acids is 2. The van der Waals surface area contributed by atoms with Crippen LogP contribution in [0, 0.1) is 16.7 Å². The third-order valence-corrected chi connectivity index (χ3v) is 5.43. The Bertz CT molecular complexity index is 1250. The van der Waals surface area contributed by atoms with E-state index in [4.69, 9.17) is 0 Å². The van der Waals surface area contributed by atoms with Gasteiger partial charge in [-0.2, -0.15) is 5.26 Å². The first-order valence-corrected chi connectivity index (χ1v) is 9.85. The quantitative estimate of drug-likeness (QED) is 0.602. The Balaban J connectivity index is 1.90. The molecule has 146 valence electrons. The highest BCUT2D eigenvalue weighted by molar-refractivity contribution is 6.19. The minimum absolute atomic E-state index is 0.0585. The topological polar surface area (TPSA) is 57.9 Å². The van der Waals surface area contributed by atoms with Gasteiger partial charge < -0.3 is 0 Å². The summed E-state index contributed by atoms with van der Waals surface area (Å²) in [6.45, 7) is 6.10. The van der Waals surface area contributed by atoms with Crippen molar-refractivity contribution in [3.05, 3.63) is 106 Å². The lowest BCUT2D eigenvalue weighted by Crippen LogP contribution is -2.22. The number of Topliss-reactive ketones (excluding diaryl/α,β-unsaturated/α-hetero) is 2. The first-order valence-electron chi connectivity index (χ1n) is 9.85. The molecule has 0 heterocycles. The summed E-state index contributed by atoms with van der Waals surface area (Å²) in [6, 6.07) is 16.9. The molecule has 3 nitrogen and oxygen atoms in total. The van der Waals surface area contributed by atoms with Crippen LogP contribution in [0.2, 0.25) is 0 Å². The number of hydrogen-bond donors (Lipinski definition) is 0. The SMILES string of the molecule is CC(C)(C)C1=C/C(=C/C=C2\C=C(C#N)C(=O)c3ccccc32)c2ccccc2C1=O. The van der Waals surface area contributed by atoms with E-state index in [1.807, 2.05) is 81.5 Å². The van der Waals surface area contributed by atoms with Crippen molar-refractivity contribution < 1.29 is 9.59 Å². The van der Waals surface area contributed by atoms with E-state index in [1.54, 1.807) is 18.2 Å². The Labute approximate surface area is 176 Å². The number of nitriles is 1. The van der Waals surface area contributed by atoms with E-state index < -0.39 is 0 Å². The highest BCUT2D eigenvalue weighted by Crippen LogP contribution is 2.38. The number of benzene rings is 2. The highest BCUT2D eigenvalue weighted by Gasteiger charge is 2.30. The Morgan fingerprint density at radius 3 is 1.70 bits per heavy atom. The van der Waals surface area contributed by atoms with Crippen molar-refractivity contribution in [3.63, 3.8) is 0 Å². The van der Waals surface area contributed by atoms with Crippen LogP contribution in [0.1, 0.15) is 52.6 Å². The highest BCUT2D eigenvalue weighted by atomic mass is 16.1. The number of fused-ring (bicyclic) bond motifs is 2. The summed E-state index contributed by atoms with van der Waals surface area (Å²) in [5.41, 5.74) is 5.26. The van der Waals surface area contributed by atoms with Gasteiger partial charge in [-0.25, -0.2) is 0 Å². The van der Waals surface area contributed by atoms with Crippen LogP contribution in [0.4, 0.5) is 0 Å². The van der Waals surface area contributed by atoms with Crippen LogP contribution < -0.4 is 0 Å². The zero-order valence-electron chi connectivity index (χ0n) is 17.2. The third kappa shape index (κ3) is 3.27. The van der Waals surface area contributed by atoms with Gasteiger partial charge in [0.25, 0.3) is 0 Å². The van der Waals surface area contributed by atoms with Gasteiger partial charge in [-0.05, 0) is 39.8 Å². The molecule has 0 N–H and O–H groups in total. The zero-order chi connectivity index (χ0) is 21.5. The van der Waals surface area contributed by atoms with Crippen molar-refractivity contribution in [1.82, 2.24) is 0 Å². The second-order valence-electron chi connectivity index (χ2n) is 8.47. The molecule has 4 rings (SSSR count). The van der Waals surface area contributed by atoms with Gasteiger partial charge in [0.05, 0.1) is 0 Å². The molecule has 0 aliphatic heterocycles. The first-order chi connectivity index (χ1) is 14.3. The van der Waals surface area contributed by atoms with E-state index in [0.29, 0.717) is 11.1 Å². The summed E-state index contributed by atoms with van der Waals surface area (Å²) in [7, 11) is 0. The maximum atomic E-state index is 13.0. The largest absolute Gasteiger partial charge is 0.289 e. The molecule has 3 heteroatoms. The molecular formula is C27H21NO2. The van der Waals surface area contributed by atoms with Gasteiger partial charge in [0.15, 0.2) is 5.78 Å². The van der Waals surface area contributed by atoms with Gasteiger partial charge in [0.2, 0.25) is 5.78 Å². The molecule has 2 aliphatic carbocycles. The molecule has 0 atom stereocenters. The predicted octanol–water partition coefficient (Wildman–Crippen LogP) is 5.97. The first kappa shape index (κ1) is 19.5. The molecule has 0 amide bonds. The molecule has 0 unspecified atom stereocenters. The zero-order valence-corrected chi connectivity index (χ0v) is 17.2. The van der Waals surface area contributed by atoms with Crippen LogP contribution in [0.15, 0.2) is 84.0 Å². The molecule has 0 spiro atoms. The smallest absolute Gasteiger partial charge is 0.204 e. The average Bonchev–Trinajstić information content (AvgIpc) is 2.74. The molecule has 2 aromatic rings. The van der Waals surface area contributed by atoms with Gasteiger partial charge in [-0.1, -0.05) is 81.5 Å². The molecule has 30 heavy (non-hydrogen) atoms. The van der Waals surface area contributed by atoms with E-state index in [-0.39, 0.29) is 22.6 Å². The lowest BCUT2D eigenvalue weighted by Gasteiger charge is -2.27. The van der Waals surface area contributed by atoms with E-state index in [9.17, 15) is 14.9 Å². The van der Waals surface area contributed by atoms with Gasteiger partial charge in [-0.3, -0.25) is 9.59 Å². The van der Waals surface area contributed by atoms with Gasteiger partial charge in [0, 0.05) is 16.7 Å². The number of nitrogens with zero attached hydrogens (tertiary/aromatic N) is 1. The summed E-state index contributed by atoms with van der Waals surface area (Å²) < 4.78 is 0. The molecule has 0 fully saturated rings. The van der Waals surface area contributed by atoms with Gasteiger partial charge in [0.1, 0.15) is 11.6 Å². The fourth-order valence-electron chi connectivity index (χ4n) is 3.85. The molecule has 0 saturated heterocycles. The van der Waals surface area contributed by atoms with E-state index >= 15 is 0 Å². The molecule has 0 bridgehead atoms. The van der Waals surface area contributed by atoms with Gasteiger partial charge >= 0.3 is 0 Å². The van der Waals surface area contributed by atoms with Crippen molar-refractivity contribution in [2.75, 3.05) is 0 Å². The Morgan fingerprint density at radius 2 is 1.20 bits per heavy atom. The van der Waals surface area contributed by atoms with Crippen LogP contribution in [0.25, 0.3) is 11.1 Å². The number of rotatable bonds is 1. The third-order valence-electron chi connectivity index (χ3n) is 5.43. The van der Waals surface area contributed by atoms with Crippen LogP contribution in [0.3, 0.4) is 0 Å². The van der Waals surface area contributed by atoms with Crippen LogP contribution in [0.5, 0.6) is 0 Å². The number of hydrogen-bond acceptors (Lipinski definition) is 3. The molecule has 0 saturated carbocycles. The second-order valence-corrected chi connectivity index (χ2v) is 8.47. The fraction of sp³-hybridized carbons (Fsp3) is 0.148. The molecule has 2 aliphatic rings. The van der Waals surface area contributed by atoms with Gasteiger partial charge in [-0.15, -0.1) is 0 Å². The van der Waals surface area contributed by atoms with Crippen molar-refractivity contribution in [3.8, 4) is 6.07 Å². The van der Waals surface area contributed by atoms with Crippen molar-refractivity contribution >= 4 is 22.7 Å². The maximum absolute atomic E-state index is 13.0. The van der Waals surface area contributed by atoms with Crippen LogP contribution in [-0.4, -0.2) is 11.6 Å². The lowest BCUT2D eigenvalue weighted by molar-refractivity contribution is 0.101. The summed E-state index contributed by atoms with van der Waals surface area (Å²) in [5, 5.41) is 9.38. The maximum Gasteiger partial charge on any atom is 0.204 e. The summed E-state index contributed by atoms with van der Waals surface area (Å²) >= 11 is 0. The normalized spacial score (nSPS) is 18.5. The van der Waals surface area contributed by atoms with Crippen LogP contribution >= 0.6 is 0 Å². The van der Waals surface area contributed by atoms with E-state index in [2.05, 4.69) is 0 Å².